The number of carbonyl (C=O) groups excluding carboxylic acids is 3. The van der Waals surface area contributed by atoms with E-state index in [4.69, 9.17) is 10.5 Å². The Labute approximate surface area is 178 Å². The molecule has 29 heavy (non-hydrogen) atoms. The second kappa shape index (κ2) is 10.1. The molecular weight excluding hydrogens is 416 g/mol. The van der Waals surface area contributed by atoms with Gasteiger partial charge in [0.25, 0.3) is 11.1 Å². The van der Waals surface area contributed by atoms with Gasteiger partial charge in [0, 0.05) is 0 Å². The van der Waals surface area contributed by atoms with Gasteiger partial charge < -0.3 is 15.2 Å². The molecule has 0 bridgehead atoms. The number of benzene rings is 2. The number of nitrogens with one attached hydrogen (secondary N) is 1. The minimum atomic E-state index is -0.700. The van der Waals surface area contributed by atoms with Gasteiger partial charge in [-0.3, -0.25) is 19.7 Å². The Morgan fingerprint density at radius 2 is 1.69 bits per heavy atom. The first-order chi connectivity index (χ1) is 13.4. The predicted octanol–water partition coefficient (Wildman–Crippen LogP) is 3.27. The number of ether oxygens (including phenoxy) is 2. The average molecular weight is 435 g/mol. The van der Waals surface area contributed by atoms with Crippen LogP contribution >= 0.6 is 24.2 Å². The number of hydrogen-bond acceptors (Lipinski definition) is 7. The molecule has 0 aromatic heterocycles. The van der Waals surface area contributed by atoms with E-state index < -0.39 is 12.0 Å². The average Bonchev–Trinajstić information content (AvgIpc) is 3.01. The molecule has 1 aliphatic heterocycles. The third-order valence-corrected chi connectivity index (χ3v) is 4.75. The van der Waals surface area contributed by atoms with Crippen molar-refractivity contribution in [2.75, 3.05) is 7.11 Å². The standard InChI is InChI=1S/C20H18N2O5S.ClH/c1-26-19(24)16(21)10-12-2-6-14(7-3-12)27-15-8-4-13(5-9-15)11-17-18(23)22-20(25)28-17;/h2-9,11,16H,10,21H2,1H3,(H,22,23,25);1H/b17-11+;/t16-;/m0./s1. The summed E-state index contributed by atoms with van der Waals surface area (Å²) in [6.07, 6.45) is 2.03. The van der Waals surface area contributed by atoms with Crippen molar-refractivity contribution < 1.29 is 23.9 Å². The van der Waals surface area contributed by atoms with Gasteiger partial charge >= 0.3 is 5.97 Å². The summed E-state index contributed by atoms with van der Waals surface area (Å²) in [5.74, 6) is 0.425. The van der Waals surface area contributed by atoms with Gasteiger partial charge in [0.15, 0.2) is 0 Å². The molecule has 2 amide bonds. The second-order valence-electron chi connectivity index (χ2n) is 6.00. The van der Waals surface area contributed by atoms with Gasteiger partial charge in [-0.1, -0.05) is 24.3 Å². The topological polar surface area (TPSA) is 108 Å². The Morgan fingerprint density at radius 3 is 2.21 bits per heavy atom. The summed E-state index contributed by atoms with van der Waals surface area (Å²) in [6.45, 7) is 0. The molecule has 0 spiro atoms. The zero-order valence-electron chi connectivity index (χ0n) is 15.4. The molecule has 1 aliphatic rings. The van der Waals surface area contributed by atoms with Crippen molar-refractivity contribution in [3.63, 3.8) is 0 Å². The molecule has 1 saturated heterocycles. The van der Waals surface area contributed by atoms with Crippen LogP contribution in [-0.2, 0) is 20.7 Å². The van der Waals surface area contributed by atoms with Gasteiger partial charge in [-0.15, -0.1) is 12.4 Å². The first-order valence-corrected chi connectivity index (χ1v) is 9.21. The van der Waals surface area contributed by atoms with Gasteiger partial charge in [0.2, 0.25) is 0 Å². The van der Waals surface area contributed by atoms with Crippen LogP contribution in [0.1, 0.15) is 11.1 Å². The van der Waals surface area contributed by atoms with Crippen LogP contribution in [-0.4, -0.2) is 30.3 Å². The van der Waals surface area contributed by atoms with E-state index in [-0.39, 0.29) is 23.6 Å². The number of nitrogens with two attached hydrogens (primary N) is 1. The van der Waals surface area contributed by atoms with E-state index in [1.54, 1.807) is 42.5 Å². The molecule has 152 valence electrons. The summed E-state index contributed by atoms with van der Waals surface area (Å²) in [5.41, 5.74) is 7.44. The summed E-state index contributed by atoms with van der Waals surface area (Å²) in [4.78, 5) is 34.5. The third-order valence-electron chi connectivity index (χ3n) is 3.94. The van der Waals surface area contributed by atoms with Gasteiger partial charge in [-0.25, -0.2) is 0 Å². The Hall–Kier alpha value is -2.81. The maximum atomic E-state index is 11.6. The molecule has 0 unspecified atom stereocenters. The molecule has 7 nitrogen and oxygen atoms in total. The molecule has 2 aromatic carbocycles. The Morgan fingerprint density at radius 1 is 1.10 bits per heavy atom. The number of thioether (sulfide) groups is 1. The van der Waals surface area contributed by atoms with Crippen molar-refractivity contribution in [1.29, 1.82) is 0 Å². The van der Waals surface area contributed by atoms with Crippen molar-refractivity contribution in [2.45, 2.75) is 12.5 Å². The second-order valence-corrected chi connectivity index (χ2v) is 7.02. The number of carbonyl (C=O) groups is 3. The van der Waals surface area contributed by atoms with Crippen LogP contribution in [0.5, 0.6) is 11.5 Å². The number of esters is 1. The zero-order valence-corrected chi connectivity index (χ0v) is 17.0. The van der Waals surface area contributed by atoms with E-state index in [0.717, 1.165) is 22.9 Å². The molecule has 1 atom stereocenters. The summed E-state index contributed by atoms with van der Waals surface area (Å²) < 4.78 is 10.4. The fourth-order valence-corrected chi connectivity index (χ4v) is 3.21. The predicted molar refractivity (Wildman–Crippen MR) is 113 cm³/mol. The Balaban J connectivity index is 0.00000300. The van der Waals surface area contributed by atoms with Crippen LogP contribution < -0.4 is 15.8 Å². The van der Waals surface area contributed by atoms with Crippen LogP contribution in [0.25, 0.3) is 6.08 Å². The lowest BCUT2D eigenvalue weighted by Crippen LogP contribution is -2.33. The number of rotatable bonds is 6. The largest absolute Gasteiger partial charge is 0.468 e. The summed E-state index contributed by atoms with van der Waals surface area (Å²) in [6, 6.07) is 13.7. The summed E-state index contributed by atoms with van der Waals surface area (Å²) in [7, 11) is 1.31. The van der Waals surface area contributed by atoms with Gasteiger partial charge in [-0.05, 0) is 59.7 Å². The van der Waals surface area contributed by atoms with Crippen molar-refractivity contribution in [1.82, 2.24) is 5.32 Å². The highest BCUT2D eigenvalue weighted by atomic mass is 35.5. The number of amides is 2. The molecule has 3 rings (SSSR count). The molecular formula is C20H19ClN2O5S. The first-order valence-electron chi connectivity index (χ1n) is 8.40. The van der Waals surface area contributed by atoms with E-state index in [2.05, 4.69) is 10.1 Å². The fourth-order valence-electron chi connectivity index (χ4n) is 2.52. The highest BCUT2D eigenvalue weighted by molar-refractivity contribution is 8.18. The molecule has 1 heterocycles. The molecule has 0 radical (unpaired) electrons. The SMILES string of the molecule is COC(=O)[C@@H](N)Cc1ccc(Oc2ccc(/C=C3/SC(=O)NC3=O)cc2)cc1.Cl. The van der Waals surface area contributed by atoms with Crippen LogP contribution in [0.15, 0.2) is 53.4 Å². The molecule has 0 saturated carbocycles. The van der Waals surface area contributed by atoms with E-state index in [0.29, 0.717) is 22.8 Å². The molecule has 0 aliphatic carbocycles. The van der Waals surface area contributed by atoms with Crippen LogP contribution in [0.4, 0.5) is 4.79 Å². The van der Waals surface area contributed by atoms with E-state index in [1.807, 2.05) is 12.1 Å². The molecule has 1 fully saturated rings. The van der Waals surface area contributed by atoms with Crippen LogP contribution in [0.2, 0.25) is 0 Å². The normalized spacial score (nSPS) is 15.4. The first kappa shape index (κ1) is 22.5. The monoisotopic (exact) mass is 434 g/mol. The molecule has 9 heteroatoms. The third kappa shape index (κ3) is 6.08. The number of imide groups is 1. The summed E-state index contributed by atoms with van der Waals surface area (Å²) in [5, 5.41) is 1.85. The Bertz CT molecular complexity index is 929. The van der Waals surface area contributed by atoms with Gasteiger partial charge in [0.05, 0.1) is 12.0 Å². The minimum absolute atomic E-state index is 0. The number of halogens is 1. The quantitative estimate of drug-likeness (QED) is 0.530. The highest BCUT2D eigenvalue weighted by Gasteiger charge is 2.24. The highest BCUT2D eigenvalue weighted by Crippen LogP contribution is 2.27. The van der Waals surface area contributed by atoms with Gasteiger partial charge in [0.1, 0.15) is 17.5 Å². The lowest BCUT2D eigenvalue weighted by Gasteiger charge is -2.10. The maximum Gasteiger partial charge on any atom is 0.322 e. The molecule has 3 N–H and O–H groups in total. The number of methoxy groups -OCH3 is 1. The van der Waals surface area contributed by atoms with Crippen molar-refractivity contribution in [3.05, 3.63) is 64.6 Å². The van der Waals surface area contributed by atoms with Gasteiger partial charge in [-0.2, -0.15) is 0 Å². The van der Waals surface area contributed by atoms with E-state index >= 15 is 0 Å². The van der Waals surface area contributed by atoms with Crippen LogP contribution in [0.3, 0.4) is 0 Å². The van der Waals surface area contributed by atoms with Crippen LogP contribution in [0, 0.1) is 0 Å². The smallest absolute Gasteiger partial charge is 0.322 e. The summed E-state index contributed by atoms with van der Waals surface area (Å²) >= 11 is 0.876. The zero-order chi connectivity index (χ0) is 20.1. The molecule has 2 aromatic rings. The van der Waals surface area contributed by atoms with Crippen molar-refractivity contribution >= 4 is 47.4 Å². The number of hydrogen-bond donors (Lipinski definition) is 2. The van der Waals surface area contributed by atoms with Crippen molar-refractivity contribution in [3.8, 4) is 11.5 Å². The lowest BCUT2D eigenvalue weighted by molar-refractivity contribution is -0.142. The fraction of sp³-hybridized carbons (Fsp3) is 0.150. The van der Waals surface area contributed by atoms with E-state index in [9.17, 15) is 14.4 Å². The Kier molecular flexibility index (Phi) is 7.83. The lowest BCUT2D eigenvalue weighted by atomic mass is 10.1. The van der Waals surface area contributed by atoms with Crippen molar-refractivity contribution in [2.24, 2.45) is 5.73 Å². The minimum Gasteiger partial charge on any atom is -0.468 e. The maximum absolute atomic E-state index is 11.6. The van der Waals surface area contributed by atoms with E-state index in [1.165, 1.54) is 7.11 Å².